The Balaban J connectivity index is 1.68. The molecule has 10 nitrogen and oxygen atoms in total. The van der Waals surface area contributed by atoms with Crippen molar-refractivity contribution in [3.8, 4) is 17.2 Å². The zero-order valence-electron chi connectivity index (χ0n) is 17.6. The first-order chi connectivity index (χ1) is 15.4. The topological polar surface area (TPSA) is 108 Å². The zero-order valence-corrected chi connectivity index (χ0v) is 18.4. The number of nitrogens with zero attached hydrogens (tertiary/aromatic N) is 4. The van der Waals surface area contributed by atoms with Crippen molar-refractivity contribution in [2.24, 2.45) is 4.99 Å². The Morgan fingerprint density at radius 3 is 2.31 bits per heavy atom. The third-order valence-electron chi connectivity index (χ3n) is 4.99. The van der Waals surface area contributed by atoms with Crippen LogP contribution in [-0.4, -0.2) is 37.5 Å². The minimum atomic E-state index is -0.459. The van der Waals surface area contributed by atoms with Crippen LogP contribution in [0, 0.1) is 10.1 Å². The molecule has 0 atom stereocenters. The van der Waals surface area contributed by atoms with Crippen LogP contribution in [0.1, 0.15) is 5.56 Å². The van der Waals surface area contributed by atoms with Crippen molar-refractivity contribution in [3.63, 3.8) is 0 Å². The van der Waals surface area contributed by atoms with E-state index in [4.69, 9.17) is 14.2 Å². The van der Waals surface area contributed by atoms with Gasteiger partial charge in [0.25, 0.3) is 11.2 Å². The molecular formula is C21H20N4O6S. The van der Waals surface area contributed by atoms with Crippen molar-refractivity contribution in [1.82, 2.24) is 4.57 Å². The van der Waals surface area contributed by atoms with Gasteiger partial charge in [-0.1, -0.05) is 11.3 Å². The molecule has 3 aromatic rings. The van der Waals surface area contributed by atoms with Crippen LogP contribution in [0.2, 0.25) is 0 Å². The molecule has 11 heteroatoms. The summed E-state index contributed by atoms with van der Waals surface area (Å²) in [5.41, 5.74) is 1.30. The summed E-state index contributed by atoms with van der Waals surface area (Å²) in [5, 5.41) is 10.8. The monoisotopic (exact) mass is 456 g/mol. The minimum absolute atomic E-state index is 0.000311. The molecule has 0 saturated carbocycles. The molecule has 32 heavy (non-hydrogen) atoms. The summed E-state index contributed by atoms with van der Waals surface area (Å²) in [4.78, 5) is 30.4. The van der Waals surface area contributed by atoms with Crippen LogP contribution < -0.4 is 34.0 Å². The number of thiazole rings is 1. The van der Waals surface area contributed by atoms with Crippen LogP contribution in [0.25, 0.3) is 6.08 Å². The number of methoxy groups -OCH3 is 3. The van der Waals surface area contributed by atoms with Gasteiger partial charge in [-0.25, -0.2) is 4.99 Å². The molecule has 2 heterocycles. The number of aromatic nitrogens is 1. The number of hydrogen-bond acceptors (Lipinski definition) is 9. The number of rotatable bonds is 6. The van der Waals surface area contributed by atoms with Crippen molar-refractivity contribution in [3.05, 3.63) is 71.8 Å². The number of ether oxygens (including phenoxy) is 3. The van der Waals surface area contributed by atoms with Crippen molar-refractivity contribution < 1.29 is 19.1 Å². The van der Waals surface area contributed by atoms with Crippen LogP contribution in [-0.2, 0) is 6.67 Å². The van der Waals surface area contributed by atoms with Crippen LogP contribution in [0.3, 0.4) is 0 Å². The molecule has 2 aromatic carbocycles. The number of non-ortho nitro benzene ring substituents is 1. The highest BCUT2D eigenvalue weighted by molar-refractivity contribution is 7.07. The number of benzene rings is 2. The summed E-state index contributed by atoms with van der Waals surface area (Å²) in [6.45, 7) is 0.663. The van der Waals surface area contributed by atoms with E-state index in [0.29, 0.717) is 45.5 Å². The van der Waals surface area contributed by atoms with Crippen molar-refractivity contribution in [2.45, 2.75) is 6.67 Å². The third-order valence-corrected chi connectivity index (χ3v) is 6.04. The number of anilines is 1. The van der Waals surface area contributed by atoms with Gasteiger partial charge in [0.2, 0.25) is 5.75 Å². The van der Waals surface area contributed by atoms with Gasteiger partial charge in [0.15, 0.2) is 16.3 Å². The molecule has 0 radical (unpaired) electrons. The van der Waals surface area contributed by atoms with Gasteiger partial charge in [-0.3, -0.25) is 19.5 Å². The maximum atomic E-state index is 13.0. The lowest BCUT2D eigenvalue weighted by molar-refractivity contribution is -0.384. The van der Waals surface area contributed by atoms with E-state index in [1.807, 2.05) is 17.0 Å². The van der Waals surface area contributed by atoms with Gasteiger partial charge in [-0.05, 0) is 23.8 Å². The number of fused-ring (bicyclic) bond motifs is 1. The number of hydrogen-bond donors (Lipinski definition) is 0. The average Bonchev–Trinajstić information content (AvgIpc) is 3.12. The Morgan fingerprint density at radius 2 is 1.75 bits per heavy atom. The molecule has 0 spiro atoms. The summed E-state index contributed by atoms with van der Waals surface area (Å²) >= 11 is 1.28. The summed E-state index contributed by atoms with van der Waals surface area (Å²) in [7, 11) is 4.63. The molecule has 0 saturated heterocycles. The SMILES string of the molecule is COc1cc(N2CN=c3s/c(=C\c4ccc([N+](=O)[O-])cc4)c(=O)n3C2)cc(OC)c1OC. The predicted octanol–water partition coefficient (Wildman–Crippen LogP) is 1.73. The lowest BCUT2D eigenvalue weighted by Gasteiger charge is -2.27. The maximum absolute atomic E-state index is 13.0. The van der Waals surface area contributed by atoms with E-state index in [1.54, 1.807) is 37.0 Å². The molecule has 4 rings (SSSR count). The molecular weight excluding hydrogens is 436 g/mol. The van der Waals surface area contributed by atoms with Gasteiger partial charge in [0.1, 0.15) is 13.3 Å². The van der Waals surface area contributed by atoms with Crippen molar-refractivity contribution in [2.75, 3.05) is 32.9 Å². The highest BCUT2D eigenvalue weighted by Crippen LogP contribution is 2.41. The Morgan fingerprint density at radius 1 is 1.09 bits per heavy atom. The van der Waals surface area contributed by atoms with E-state index >= 15 is 0 Å². The highest BCUT2D eigenvalue weighted by Gasteiger charge is 2.20. The Labute approximate surface area is 186 Å². The molecule has 0 aliphatic carbocycles. The Bertz CT molecular complexity index is 1320. The first-order valence-electron chi connectivity index (χ1n) is 9.50. The van der Waals surface area contributed by atoms with E-state index < -0.39 is 4.92 Å². The zero-order chi connectivity index (χ0) is 22.8. The normalized spacial score (nSPS) is 13.3. The van der Waals surface area contributed by atoms with E-state index in [0.717, 1.165) is 5.69 Å². The summed E-state index contributed by atoms with van der Waals surface area (Å²) in [5.74, 6) is 1.51. The largest absolute Gasteiger partial charge is 0.493 e. The van der Waals surface area contributed by atoms with E-state index in [-0.39, 0.29) is 11.2 Å². The summed E-state index contributed by atoms with van der Waals surface area (Å²) in [6.07, 6.45) is 1.71. The molecule has 1 aliphatic rings. The second kappa shape index (κ2) is 8.71. The van der Waals surface area contributed by atoms with Gasteiger partial charge in [0.05, 0.1) is 30.8 Å². The molecule has 0 fully saturated rings. The summed E-state index contributed by atoms with van der Waals surface area (Å²) in [6, 6.07) is 9.66. The fourth-order valence-electron chi connectivity index (χ4n) is 3.37. The lowest BCUT2D eigenvalue weighted by atomic mass is 10.2. The molecule has 0 amide bonds. The molecule has 0 unspecified atom stereocenters. The quantitative estimate of drug-likeness (QED) is 0.411. The Hall–Kier alpha value is -3.86. The van der Waals surface area contributed by atoms with Gasteiger partial charge < -0.3 is 19.1 Å². The van der Waals surface area contributed by atoms with Crippen LogP contribution in [0.5, 0.6) is 17.2 Å². The smallest absolute Gasteiger partial charge is 0.271 e. The molecule has 1 aliphatic heterocycles. The van der Waals surface area contributed by atoms with Gasteiger partial charge in [-0.2, -0.15) is 0 Å². The van der Waals surface area contributed by atoms with Crippen LogP contribution >= 0.6 is 11.3 Å². The third kappa shape index (κ3) is 3.89. The standard InChI is InChI=1S/C21H20N4O6S/c1-29-16-9-15(10-17(30-2)19(16)31-3)23-11-22-21-24(12-23)20(26)18(32-21)8-13-4-6-14(7-5-13)25(27)28/h4-10H,11-12H2,1-3H3/b18-8-. The van der Waals surface area contributed by atoms with Gasteiger partial charge in [0, 0.05) is 30.0 Å². The second-order valence-corrected chi connectivity index (χ2v) is 7.85. The first kappa shape index (κ1) is 21.4. The van der Waals surface area contributed by atoms with Crippen molar-refractivity contribution in [1.29, 1.82) is 0 Å². The van der Waals surface area contributed by atoms with E-state index in [2.05, 4.69) is 4.99 Å². The second-order valence-electron chi connectivity index (χ2n) is 6.84. The van der Waals surface area contributed by atoms with Crippen molar-refractivity contribution >= 4 is 28.8 Å². The van der Waals surface area contributed by atoms with Gasteiger partial charge >= 0.3 is 0 Å². The van der Waals surface area contributed by atoms with Crippen LogP contribution in [0.15, 0.2) is 46.2 Å². The average molecular weight is 456 g/mol. The van der Waals surface area contributed by atoms with E-state index in [1.165, 1.54) is 30.6 Å². The molecule has 0 N–H and O–H groups in total. The van der Waals surface area contributed by atoms with Crippen LogP contribution in [0.4, 0.5) is 11.4 Å². The minimum Gasteiger partial charge on any atom is -0.493 e. The summed E-state index contributed by atoms with van der Waals surface area (Å²) < 4.78 is 18.3. The van der Waals surface area contributed by atoms with Gasteiger partial charge in [-0.15, -0.1) is 0 Å². The molecule has 1 aromatic heterocycles. The predicted molar refractivity (Wildman–Crippen MR) is 119 cm³/mol. The van der Waals surface area contributed by atoms with E-state index in [9.17, 15) is 14.9 Å². The fraction of sp³-hybridized carbons (Fsp3) is 0.238. The maximum Gasteiger partial charge on any atom is 0.271 e. The molecule has 166 valence electrons. The highest BCUT2D eigenvalue weighted by atomic mass is 32.1. The molecule has 0 bridgehead atoms. The first-order valence-corrected chi connectivity index (χ1v) is 10.3. The number of nitro benzene ring substituents is 1. The lowest BCUT2D eigenvalue weighted by Crippen LogP contribution is -2.42. The number of nitro groups is 1. The Kier molecular flexibility index (Phi) is 5.82. The fourth-order valence-corrected chi connectivity index (χ4v) is 4.33.